The Labute approximate surface area is 91.9 Å². The van der Waals surface area contributed by atoms with Crippen LogP contribution in [0.3, 0.4) is 0 Å². The van der Waals surface area contributed by atoms with Crippen LogP contribution in [0.15, 0.2) is 15.9 Å². The van der Waals surface area contributed by atoms with E-state index in [0.717, 1.165) is 26.2 Å². The standard InChI is InChI=1S/C9H15BrN2S/c1-2-12(5-4-11)7-9-8(10)3-6-13-9/h3,6H,2,4-5,7,11H2,1H3. The molecule has 1 aromatic rings. The van der Waals surface area contributed by atoms with Gasteiger partial charge in [-0.15, -0.1) is 11.3 Å². The van der Waals surface area contributed by atoms with Crippen molar-refractivity contribution in [1.29, 1.82) is 0 Å². The van der Waals surface area contributed by atoms with E-state index in [9.17, 15) is 0 Å². The minimum Gasteiger partial charge on any atom is -0.329 e. The Morgan fingerprint density at radius 2 is 2.38 bits per heavy atom. The van der Waals surface area contributed by atoms with Crippen molar-refractivity contribution in [3.05, 3.63) is 20.8 Å². The second-order valence-corrected chi connectivity index (χ2v) is 4.70. The van der Waals surface area contributed by atoms with E-state index in [1.54, 1.807) is 11.3 Å². The molecule has 1 rings (SSSR count). The molecule has 2 N–H and O–H groups in total. The molecule has 0 bridgehead atoms. The van der Waals surface area contributed by atoms with Crippen LogP contribution in [-0.2, 0) is 6.54 Å². The molecule has 0 saturated carbocycles. The van der Waals surface area contributed by atoms with Gasteiger partial charge in [0.2, 0.25) is 0 Å². The van der Waals surface area contributed by atoms with Crippen LogP contribution in [0.25, 0.3) is 0 Å². The molecule has 0 aromatic carbocycles. The maximum atomic E-state index is 5.52. The first-order chi connectivity index (χ1) is 6.27. The fourth-order valence-electron chi connectivity index (χ4n) is 1.17. The average molecular weight is 263 g/mol. The molecule has 0 spiro atoms. The highest BCUT2D eigenvalue weighted by Gasteiger charge is 2.06. The minimum absolute atomic E-state index is 0.733. The predicted octanol–water partition coefficient (Wildman–Crippen LogP) is 2.29. The van der Waals surface area contributed by atoms with Gasteiger partial charge in [0, 0.05) is 29.0 Å². The van der Waals surface area contributed by atoms with Crippen molar-refractivity contribution >= 4 is 27.3 Å². The predicted molar refractivity (Wildman–Crippen MR) is 62.0 cm³/mol. The SMILES string of the molecule is CCN(CCN)Cc1sccc1Br. The zero-order valence-corrected chi connectivity index (χ0v) is 10.2. The van der Waals surface area contributed by atoms with Gasteiger partial charge in [-0.2, -0.15) is 0 Å². The summed E-state index contributed by atoms with van der Waals surface area (Å²) in [5, 5.41) is 2.11. The summed E-state index contributed by atoms with van der Waals surface area (Å²) >= 11 is 5.32. The highest BCUT2D eigenvalue weighted by Crippen LogP contribution is 2.23. The van der Waals surface area contributed by atoms with Gasteiger partial charge < -0.3 is 5.73 Å². The van der Waals surface area contributed by atoms with Gasteiger partial charge in [-0.25, -0.2) is 0 Å². The monoisotopic (exact) mass is 262 g/mol. The van der Waals surface area contributed by atoms with Crippen molar-refractivity contribution in [2.24, 2.45) is 5.73 Å². The van der Waals surface area contributed by atoms with E-state index in [2.05, 4.69) is 39.2 Å². The molecule has 1 heterocycles. The van der Waals surface area contributed by atoms with E-state index in [1.165, 1.54) is 9.35 Å². The third-order valence-corrected chi connectivity index (χ3v) is 3.86. The van der Waals surface area contributed by atoms with E-state index >= 15 is 0 Å². The van der Waals surface area contributed by atoms with E-state index in [4.69, 9.17) is 5.73 Å². The summed E-state index contributed by atoms with van der Waals surface area (Å²) in [4.78, 5) is 3.73. The van der Waals surface area contributed by atoms with Crippen molar-refractivity contribution in [2.75, 3.05) is 19.6 Å². The van der Waals surface area contributed by atoms with Gasteiger partial charge >= 0.3 is 0 Å². The maximum absolute atomic E-state index is 5.52. The lowest BCUT2D eigenvalue weighted by molar-refractivity contribution is 0.290. The Morgan fingerprint density at radius 3 is 2.85 bits per heavy atom. The summed E-state index contributed by atoms with van der Waals surface area (Å²) in [6.07, 6.45) is 0. The topological polar surface area (TPSA) is 29.3 Å². The van der Waals surface area contributed by atoms with Crippen LogP contribution in [0.4, 0.5) is 0 Å². The van der Waals surface area contributed by atoms with Crippen LogP contribution in [-0.4, -0.2) is 24.5 Å². The first-order valence-electron chi connectivity index (χ1n) is 4.42. The summed E-state index contributed by atoms with van der Waals surface area (Å²) in [5.41, 5.74) is 5.52. The fourth-order valence-corrected chi connectivity index (χ4v) is 2.69. The minimum atomic E-state index is 0.733. The first-order valence-corrected chi connectivity index (χ1v) is 6.09. The van der Waals surface area contributed by atoms with Crippen LogP contribution < -0.4 is 5.73 Å². The molecule has 0 aliphatic heterocycles. The Bertz CT molecular complexity index is 250. The number of rotatable bonds is 5. The van der Waals surface area contributed by atoms with Crippen LogP contribution in [0.2, 0.25) is 0 Å². The van der Waals surface area contributed by atoms with Crippen molar-refractivity contribution in [2.45, 2.75) is 13.5 Å². The fraction of sp³-hybridized carbons (Fsp3) is 0.556. The first kappa shape index (κ1) is 11.2. The van der Waals surface area contributed by atoms with Gasteiger partial charge in [0.05, 0.1) is 0 Å². The molecule has 0 radical (unpaired) electrons. The molecule has 0 aliphatic rings. The quantitative estimate of drug-likeness (QED) is 0.883. The number of nitrogens with zero attached hydrogens (tertiary/aromatic N) is 1. The van der Waals surface area contributed by atoms with E-state index in [0.29, 0.717) is 0 Å². The maximum Gasteiger partial charge on any atom is 0.0339 e. The molecule has 0 fully saturated rings. The number of hydrogen-bond donors (Lipinski definition) is 1. The molecule has 2 nitrogen and oxygen atoms in total. The van der Waals surface area contributed by atoms with Gasteiger partial charge in [-0.1, -0.05) is 6.92 Å². The molecule has 74 valence electrons. The average Bonchev–Trinajstić information content (AvgIpc) is 2.51. The lowest BCUT2D eigenvalue weighted by Gasteiger charge is -2.18. The second kappa shape index (κ2) is 5.75. The Kier molecular flexibility index (Phi) is 4.94. The number of thiophene rings is 1. The number of halogens is 1. The molecule has 0 atom stereocenters. The zero-order valence-electron chi connectivity index (χ0n) is 7.79. The van der Waals surface area contributed by atoms with Gasteiger partial charge in [-0.05, 0) is 33.9 Å². The summed E-state index contributed by atoms with van der Waals surface area (Å²) in [5.74, 6) is 0. The van der Waals surface area contributed by atoms with Gasteiger partial charge in [0.1, 0.15) is 0 Å². The molecule has 0 aliphatic carbocycles. The summed E-state index contributed by atoms with van der Waals surface area (Å²) in [7, 11) is 0. The van der Waals surface area contributed by atoms with E-state index < -0.39 is 0 Å². The lowest BCUT2D eigenvalue weighted by atomic mass is 10.4. The highest BCUT2D eigenvalue weighted by molar-refractivity contribution is 9.10. The molecule has 0 saturated heterocycles. The summed E-state index contributed by atoms with van der Waals surface area (Å²) in [6.45, 7) is 5.93. The number of hydrogen-bond acceptors (Lipinski definition) is 3. The van der Waals surface area contributed by atoms with Crippen molar-refractivity contribution in [3.63, 3.8) is 0 Å². The lowest BCUT2D eigenvalue weighted by Crippen LogP contribution is -2.28. The summed E-state index contributed by atoms with van der Waals surface area (Å²) in [6, 6.07) is 2.09. The van der Waals surface area contributed by atoms with Crippen LogP contribution >= 0.6 is 27.3 Å². The van der Waals surface area contributed by atoms with Crippen molar-refractivity contribution < 1.29 is 0 Å². The molecule has 13 heavy (non-hydrogen) atoms. The third-order valence-electron chi connectivity index (χ3n) is 1.95. The smallest absolute Gasteiger partial charge is 0.0339 e. The Balaban J connectivity index is 2.51. The highest BCUT2D eigenvalue weighted by atomic mass is 79.9. The Hall–Kier alpha value is 0.100. The number of nitrogens with two attached hydrogens (primary N) is 1. The molecule has 0 unspecified atom stereocenters. The summed E-state index contributed by atoms with van der Waals surface area (Å²) < 4.78 is 1.22. The van der Waals surface area contributed by atoms with Crippen molar-refractivity contribution in [3.8, 4) is 0 Å². The van der Waals surface area contributed by atoms with Crippen LogP contribution in [0.1, 0.15) is 11.8 Å². The van der Waals surface area contributed by atoms with Crippen molar-refractivity contribution in [1.82, 2.24) is 4.90 Å². The van der Waals surface area contributed by atoms with Crippen LogP contribution in [0, 0.1) is 0 Å². The van der Waals surface area contributed by atoms with Gasteiger partial charge in [0.15, 0.2) is 0 Å². The second-order valence-electron chi connectivity index (χ2n) is 2.85. The molecule has 0 amide bonds. The molecular weight excluding hydrogens is 248 g/mol. The van der Waals surface area contributed by atoms with Gasteiger partial charge in [-0.3, -0.25) is 4.90 Å². The van der Waals surface area contributed by atoms with Crippen LogP contribution in [0.5, 0.6) is 0 Å². The molecular formula is C9H15BrN2S. The number of likely N-dealkylation sites (N-methyl/N-ethyl adjacent to an activating group) is 1. The molecule has 1 aromatic heterocycles. The van der Waals surface area contributed by atoms with E-state index in [-0.39, 0.29) is 0 Å². The van der Waals surface area contributed by atoms with Gasteiger partial charge in [0.25, 0.3) is 0 Å². The van der Waals surface area contributed by atoms with E-state index in [1.807, 2.05) is 0 Å². The Morgan fingerprint density at radius 1 is 1.62 bits per heavy atom. The third kappa shape index (κ3) is 3.38. The zero-order chi connectivity index (χ0) is 9.68. The largest absolute Gasteiger partial charge is 0.329 e. The molecule has 4 heteroatoms. The normalized spacial score (nSPS) is 11.1.